The van der Waals surface area contributed by atoms with E-state index in [4.69, 9.17) is 9.47 Å². The molecule has 0 radical (unpaired) electrons. The molecule has 0 heterocycles. The first-order valence-corrected chi connectivity index (χ1v) is 8.37. The molecule has 0 spiro atoms. The molecule has 0 aromatic heterocycles. The second kappa shape index (κ2) is 7.68. The van der Waals surface area contributed by atoms with Crippen LogP contribution in [-0.2, 0) is 11.3 Å². The van der Waals surface area contributed by atoms with Crippen LogP contribution in [-0.4, -0.2) is 11.7 Å². The Morgan fingerprint density at radius 1 is 1.13 bits per heavy atom. The molecule has 0 atom stereocenters. The highest BCUT2D eigenvalue weighted by Crippen LogP contribution is 2.17. The van der Waals surface area contributed by atoms with Crippen LogP contribution in [0.2, 0.25) is 0 Å². The Hall–Kier alpha value is -1.76. The maximum Gasteiger partial charge on any atom is 0.412 e. The minimum atomic E-state index is -0.518. The Labute approximate surface area is 150 Å². The maximum atomic E-state index is 11.8. The van der Waals surface area contributed by atoms with Crippen LogP contribution >= 0.6 is 22.6 Å². The number of carbonyl (C=O) groups is 1. The van der Waals surface area contributed by atoms with E-state index in [0.717, 1.165) is 11.3 Å². The van der Waals surface area contributed by atoms with E-state index in [-0.39, 0.29) is 0 Å². The highest BCUT2D eigenvalue weighted by molar-refractivity contribution is 14.1. The summed E-state index contributed by atoms with van der Waals surface area (Å²) in [6.07, 6.45) is -0.465. The van der Waals surface area contributed by atoms with Gasteiger partial charge in [0.15, 0.2) is 0 Å². The van der Waals surface area contributed by atoms with Gasteiger partial charge >= 0.3 is 6.09 Å². The molecule has 2 rings (SSSR count). The third-order valence-electron chi connectivity index (χ3n) is 2.79. The van der Waals surface area contributed by atoms with Crippen molar-refractivity contribution in [2.75, 3.05) is 5.32 Å². The normalized spacial score (nSPS) is 11.0. The zero-order chi connectivity index (χ0) is 16.9. The summed E-state index contributed by atoms with van der Waals surface area (Å²) in [6.45, 7) is 5.93. The number of anilines is 1. The van der Waals surface area contributed by atoms with Crippen LogP contribution in [0.4, 0.5) is 10.5 Å². The molecule has 0 bridgehead atoms. The molecule has 0 saturated carbocycles. The molecule has 0 fully saturated rings. The van der Waals surface area contributed by atoms with Gasteiger partial charge in [0.25, 0.3) is 0 Å². The SMILES string of the molecule is CC(C)(C)OC(=O)Nc1cccc(COc2ccc(I)cc2)c1. The summed E-state index contributed by atoms with van der Waals surface area (Å²) in [6, 6.07) is 15.4. The van der Waals surface area contributed by atoms with Crippen LogP contribution in [0.3, 0.4) is 0 Å². The number of hydrogen-bond acceptors (Lipinski definition) is 3. The Morgan fingerprint density at radius 3 is 2.48 bits per heavy atom. The molecule has 0 unspecified atom stereocenters. The summed E-state index contributed by atoms with van der Waals surface area (Å²) in [5.74, 6) is 0.816. The Balaban J connectivity index is 1.94. The van der Waals surface area contributed by atoms with Gasteiger partial charge in [-0.15, -0.1) is 0 Å². The molecule has 2 aromatic rings. The van der Waals surface area contributed by atoms with Crippen LogP contribution in [0.5, 0.6) is 5.75 Å². The summed E-state index contributed by atoms with van der Waals surface area (Å²) >= 11 is 2.25. The van der Waals surface area contributed by atoms with Crippen molar-refractivity contribution in [3.63, 3.8) is 0 Å². The van der Waals surface area contributed by atoms with E-state index in [0.29, 0.717) is 12.3 Å². The average Bonchev–Trinajstić information content (AvgIpc) is 2.45. The van der Waals surface area contributed by atoms with E-state index in [1.54, 1.807) is 0 Å². The van der Waals surface area contributed by atoms with Crippen molar-refractivity contribution in [1.29, 1.82) is 0 Å². The zero-order valence-electron chi connectivity index (χ0n) is 13.4. The molecular formula is C18H20INO3. The highest BCUT2D eigenvalue weighted by atomic mass is 127. The zero-order valence-corrected chi connectivity index (χ0v) is 15.6. The molecule has 122 valence electrons. The lowest BCUT2D eigenvalue weighted by Gasteiger charge is -2.19. The van der Waals surface area contributed by atoms with Crippen molar-refractivity contribution >= 4 is 34.4 Å². The summed E-state index contributed by atoms with van der Waals surface area (Å²) in [7, 11) is 0. The third kappa shape index (κ3) is 6.48. The van der Waals surface area contributed by atoms with Crippen molar-refractivity contribution in [2.45, 2.75) is 33.0 Å². The summed E-state index contributed by atoms with van der Waals surface area (Å²) in [4.78, 5) is 11.8. The summed E-state index contributed by atoms with van der Waals surface area (Å²) in [5.41, 5.74) is 1.13. The number of amides is 1. The number of nitrogens with one attached hydrogen (secondary N) is 1. The molecule has 1 amide bonds. The van der Waals surface area contributed by atoms with Crippen molar-refractivity contribution in [3.05, 3.63) is 57.7 Å². The van der Waals surface area contributed by atoms with Crippen molar-refractivity contribution in [3.8, 4) is 5.75 Å². The van der Waals surface area contributed by atoms with E-state index < -0.39 is 11.7 Å². The molecule has 23 heavy (non-hydrogen) atoms. The number of ether oxygens (including phenoxy) is 2. The molecule has 0 aliphatic heterocycles. The fourth-order valence-corrected chi connectivity index (χ4v) is 2.22. The highest BCUT2D eigenvalue weighted by Gasteiger charge is 2.16. The van der Waals surface area contributed by atoms with E-state index in [1.807, 2.05) is 69.3 Å². The van der Waals surface area contributed by atoms with Gasteiger partial charge in [-0.2, -0.15) is 0 Å². The molecule has 1 N–H and O–H groups in total. The average molecular weight is 425 g/mol. The number of hydrogen-bond donors (Lipinski definition) is 1. The smallest absolute Gasteiger partial charge is 0.412 e. The Morgan fingerprint density at radius 2 is 1.83 bits per heavy atom. The fraction of sp³-hybridized carbons (Fsp3) is 0.278. The van der Waals surface area contributed by atoms with Gasteiger partial charge in [-0.1, -0.05) is 12.1 Å². The van der Waals surface area contributed by atoms with Gasteiger partial charge in [0.05, 0.1) is 0 Å². The fourth-order valence-electron chi connectivity index (χ4n) is 1.86. The molecule has 5 heteroatoms. The molecule has 0 aliphatic rings. The van der Waals surface area contributed by atoms with Crippen LogP contribution in [0.1, 0.15) is 26.3 Å². The van der Waals surface area contributed by atoms with Gasteiger partial charge in [0, 0.05) is 9.26 Å². The predicted molar refractivity (Wildman–Crippen MR) is 99.8 cm³/mol. The Kier molecular flexibility index (Phi) is 5.87. The monoisotopic (exact) mass is 425 g/mol. The van der Waals surface area contributed by atoms with Gasteiger partial charge in [-0.25, -0.2) is 4.79 Å². The van der Waals surface area contributed by atoms with Gasteiger partial charge in [0.2, 0.25) is 0 Å². The first-order valence-electron chi connectivity index (χ1n) is 7.29. The largest absolute Gasteiger partial charge is 0.489 e. The first kappa shape index (κ1) is 17.6. The van der Waals surface area contributed by atoms with E-state index >= 15 is 0 Å². The topological polar surface area (TPSA) is 47.6 Å². The van der Waals surface area contributed by atoms with Gasteiger partial charge in [-0.3, -0.25) is 5.32 Å². The van der Waals surface area contributed by atoms with Gasteiger partial charge in [0.1, 0.15) is 18.0 Å². The minimum Gasteiger partial charge on any atom is -0.489 e. The van der Waals surface area contributed by atoms with E-state index in [2.05, 4.69) is 27.9 Å². The van der Waals surface area contributed by atoms with Crippen LogP contribution in [0.15, 0.2) is 48.5 Å². The molecular weight excluding hydrogens is 405 g/mol. The molecule has 4 nitrogen and oxygen atoms in total. The van der Waals surface area contributed by atoms with Gasteiger partial charge in [-0.05, 0) is 85.3 Å². The van der Waals surface area contributed by atoms with Crippen molar-refractivity contribution in [1.82, 2.24) is 0 Å². The maximum absolute atomic E-state index is 11.8. The van der Waals surface area contributed by atoms with Crippen LogP contribution in [0.25, 0.3) is 0 Å². The lowest BCUT2D eigenvalue weighted by atomic mass is 10.2. The minimum absolute atomic E-state index is 0.435. The van der Waals surface area contributed by atoms with E-state index in [1.165, 1.54) is 3.57 Å². The third-order valence-corrected chi connectivity index (χ3v) is 3.51. The second-order valence-corrected chi connectivity index (χ2v) is 7.32. The van der Waals surface area contributed by atoms with Gasteiger partial charge < -0.3 is 9.47 Å². The lowest BCUT2D eigenvalue weighted by Crippen LogP contribution is -2.27. The van der Waals surface area contributed by atoms with E-state index in [9.17, 15) is 4.79 Å². The molecule has 0 saturated heterocycles. The number of halogens is 1. The Bertz CT molecular complexity index is 663. The first-order chi connectivity index (χ1) is 10.8. The molecule has 0 aliphatic carbocycles. The lowest BCUT2D eigenvalue weighted by molar-refractivity contribution is 0.0636. The van der Waals surface area contributed by atoms with Crippen molar-refractivity contribution in [2.24, 2.45) is 0 Å². The molecule has 2 aromatic carbocycles. The quantitative estimate of drug-likeness (QED) is 0.684. The number of carbonyl (C=O) groups excluding carboxylic acids is 1. The number of rotatable bonds is 4. The van der Waals surface area contributed by atoms with Crippen LogP contribution in [0, 0.1) is 3.57 Å². The summed E-state index contributed by atoms with van der Waals surface area (Å²) < 4.78 is 12.1. The summed E-state index contributed by atoms with van der Waals surface area (Å²) in [5, 5.41) is 2.73. The van der Waals surface area contributed by atoms with Crippen LogP contribution < -0.4 is 10.1 Å². The predicted octanol–water partition coefficient (Wildman–Crippen LogP) is 5.22. The number of benzene rings is 2. The van der Waals surface area contributed by atoms with Crippen molar-refractivity contribution < 1.29 is 14.3 Å². The second-order valence-electron chi connectivity index (χ2n) is 6.07. The standard InChI is InChI=1S/C18H20INO3/c1-18(2,3)23-17(21)20-15-6-4-5-13(11-15)12-22-16-9-7-14(19)8-10-16/h4-11H,12H2,1-3H3,(H,20,21).